The van der Waals surface area contributed by atoms with Crippen LogP contribution in [0.15, 0.2) is 78.0 Å². The lowest BCUT2D eigenvalue weighted by Gasteiger charge is -2.11. The molecule has 4 rings (SSSR count). The number of anilines is 1. The third-order valence-electron chi connectivity index (χ3n) is 4.53. The van der Waals surface area contributed by atoms with E-state index in [0.29, 0.717) is 16.7 Å². The van der Waals surface area contributed by atoms with Gasteiger partial charge in [0.2, 0.25) is 5.91 Å². The Morgan fingerprint density at radius 1 is 1.03 bits per heavy atom. The van der Waals surface area contributed by atoms with Crippen molar-refractivity contribution in [1.82, 2.24) is 14.8 Å². The molecule has 32 heavy (non-hydrogen) atoms. The Morgan fingerprint density at radius 3 is 2.50 bits per heavy atom. The standard InChI is InChI=1S/C23H18F2N4O2S/c1-31-18-10-8-17(9-11-18)29-22(15-5-3-2-4-6-15)27-28-23(29)32-14-21(30)26-20-13-16(24)7-12-19(20)25/h2-13H,14H2,1H3,(H,26,30). The van der Waals surface area contributed by atoms with Crippen molar-refractivity contribution in [3.05, 3.63) is 84.4 Å². The van der Waals surface area contributed by atoms with Gasteiger partial charge in [0.1, 0.15) is 17.4 Å². The molecule has 0 saturated carbocycles. The van der Waals surface area contributed by atoms with Gasteiger partial charge in [0.15, 0.2) is 11.0 Å². The highest BCUT2D eigenvalue weighted by Crippen LogP contribution is 2.29. The van der Waals surface area contributed by atoms with Gasteiger partial charge in [-0.1, -0.05) is 42.1 Å². The minimum absolute atomic E-state index is 0.0704. The van der Waals surface area contributed by atoms with Crippen LogP contribution in [-0.4, -0.2) is 33.5 Å². The molecule has 3 aromatic carbocycles. The minimum atomic E-state index is -0.711. The normalized spacial score (nSPS) is 10.7. The molecule has 0 aliphatic carbocycles. The third-order valence-corrected chi connectivity index (χ3v) is 5.46. The van der Waals surface area contributed by atoms with Crippen LogP contribution in [0.5, 0.6) is 5.75 Å². The Kier molecular flexibility index (Phi) is 6.46. The zero-order chi connectivity index (χ0) is 22.5. The van der Waals surface area contributed by atoms with E-state index in [9.17, 15) is 13.6 Å². The Hall–Kier alpha value is -3.72. The largest absolute Gasteiger partial charge is 0.497 e. The van der Waals surface area contributed by atoms with Gasteiger partial charge in [-0.25, -0.2) is 8.78 Å². The smallest absolute Gasteiger partial charge is 0.234 e. The van der Waals surface area contributed by atoms with E-state index in [1.165, 1.54) is 0 Å². The predicted octanol–water partition coefficient (Wildman–Crippen LogP) is 4.95. The van der Waals surface area contributed by atoms with Crippen molar-refractivity contribution >= 4 is 23.4 Å². The highest BCUT2D eigenvalue weighted by Gasteiger charge is 2.18. The van der Waals surface area contributed by atoms with Crippen LogP contribution in [0.2, 0.25) is 0 Å². The van der Waals surface area contributed by atoms with E-state index >= 15 is 0 Å². The number of methoxy groups -OCH3 is 1. The van der Waals surface area contributed by atoms with Crippen LogP contribution in [0.4, 0.5) is 14.5 Å². The number of halogens is 2. The lowest BCUT2D eigenvalue weighted by atomic mass is 10.2. The maximum Gasteiger partial charge on any atom is 0.234 e. The van der Waals surface area contributed by atoms with Gasteiger partial charge in [0.25, 0.3) is 0 Å². The number of nitrogens with zero attached hydrogens (tertiary/aromatic N) is 3. The fraction of sp³-hybridized carbons (Fsp3) is 0.0870. The van der Waals surface area contributed by atoms with E-state index in [0.717, 1.165) is 41.2 Å². The van der Waals surface area contributed by atoms with Gasteiger partial charge >= 0.3 is 0 Å². The van der Waals surface area contributed by atoms with E-state index in [2.05, 4.69) is 15.5 Å². The number of aromatic nitrogens is 3. The number of hydrogen-bond donors (Lipinski definition) is 1. The van der Waals surface area contributed by atoms with E-state index in [1.54, 1.807) is 7.11 Å². The van der Waals surface area contributed by atoms with Crippen molar-refractivity contribution < 1.29 is 18.3 Å². The molecule has 0 saturated heterocycles. The van der Waals surface area contributed by atoms with Crippen molar-refractivity contribution in [3.8, 4) is 22.8 Å². The molecule has 0 aliphatic heterocycles. The molecule has 0 spiro atoms. The van der Waals surface area contributed by atoms with E-state index in [-0.39, 0.29) is 11.4 Å². The summed E-state index contributed by atoms with van der Waals surface area (Å²) in [5.74, 6) is -0.605. The average molecular weight is 452 g/mol. The Balaban J connectivity index is 1.60. The first kappa shape index (κ1) is 21.5. The van der Waals surface area contributed by atoms with Gasteiger partial charge in [-0.05, 0) is 36.4 Å². The number of nitrogens with one attached hydrogen (secondary N) is 1. The Morgan fingerprint density at radius 2 is 1.78 bits per heavy atom. The van der Waals surface area contributed by atoms with Crippen LogP contribution in [0, 0.1) is 11.6 Å². The molecule has 1 amide bonds. The topological polar surface area (TPSA) is 69.0 Å². The molecule has 1 N–H and O–H groups in total. The number of rotatable bonds is 7. The summed E-state index contributed by atoms with van der Waals surface area (Å²) in [7, 11) is 1.59. The number of carbonyl (C=O) groups is 1. The van der Waals surface area contributed by atoms with E-state index in [4.69, 9.17) is 4.74 Å². The molecule has 6 nitrogen and oxygen atoms in total. The summed E-state index contributed by atoms with van der Waals surface area (Å²) >= 11 is 1.13. The molecular weight excluding hydrogens is 434 g/mol. The quantitative estimate of drug-likeness (QED) is 0.402. The first-order chi connectivity index (χ1) is 15.5. The molecule has 4 aromatic rings. The van der Waals surface area contributed by atoms with Gasteiger partial charge in [-0.3, -0.25) is 9.36 Å². The summed E-state index contributed by atoms with van der Waals surface area (Å²) in [6.45, 7) is 0. The van der Waals surface area contributed by atoms with Crippen molar-refractivity contribution in [2.45, 2.75) is 5.16 Å². The fourth-order valence-corrected chi connectivity index (χ4v) is 3.76. The van der Waals surface area contributed by atoms with Gasteiger partial charge in [-0.15, -0.1) is 10.2 Å². The molecular formula is C23H18F2N4O2S. The molecule has 0 bridgehead atoms. The second-order valence-corrected chi connectivity index (χ2v) is 7.61. The second kappa shape index (κ2) is 9.61. The second-order valence-electron chi connectivity index (χ2n) is 6.67. The van der Waals surface area contributed by atoms with Crippen LogP contribution in [-0.2, 0) is 4.79 Å². The zero-order valence-electron chi connectivity index (χ0n) is 17.0. The first-order valence-electron chi connectivity index (χ1n) is 9.58. The number of ether oxygens (including phenoxy) is 1. The minimum Gasteiger partial charge on any atom is -0.497 e. The lowest BCUT2D eigenvalue weighted by Crippen LogP contribution is -2.15. The predicted molar refractivity (Wildman–Crippen MR) is 119 cm³/mol. The number of carbonyl (C=O) groups excluding carboxylic acids is 1. The van der Waals surface area contributed by atoms with Gasteiger partial charge in [-0.2, -0.15) is 0 Å². The molecule has 0 radical (unpaired) electrons. The number of benzene rings is 3. The number of hydrogen-bond acceptors (Lipinski definition) is 5. The van der Waals surface area contributed by atoms with Crippen molar-refractivity contribution in [1.29, 1.82) is 0 Å². The Labute approximate surface area is 187 Å². The summed E-state index contributed by atoms with van der Waals surface area (Å²) in [4.78, 5) is 12.4. The van der Waals surface area contributed by atoms with Crippen LogP contribution in [0.25, 0.3) is 17.1 Å². The SMILES string of the molecule is COc1ccc(-n2c(SCC(=O)Nc3cc(F)ccc3F)nnc2-c2ccccc2)cc1. The summed E-state index contributed by atoms with van der Waals surface area (Å²) in [6, 6.07) is 19.8. The summed E-state index contributed by atoms with van der Waals surface area (Å²) in [6.07, 6.45) is 0. The highest BCUT2D eigenvalue weighted by atomic mass is 32.2. The summed E-state index contributed by atoms with van der Waals surface area (Å²) < 4.78 is 34.2. The van der Waals surface area contributed by atoms with Crippen molar-refractivity contribution in [3.63, 3.8) is 0 Å². The lowest BCUT2D eigenvalue weighted by molar-refractivity contribution is -0.113. The average Bonchev–Trinajstić information content (AvgIpc) is 3.25. The molecule has 0 aliphatic rings. The molecule has 9 heteroatoms. The number of amides is 1. The highest BCUT2D eigenvalue weighted by molar-refractivity contribution is 7.99. The van der Waals surface area contributed by atoms with E-state index < -0.39 is 17.5 Å². The third kappa shape index (κ3) is 4.78. The molecule has 0 atom stereocenters. The van der Waals surface area contributed by atoms with Crippen LogP contribution in [0.3, 0.4) is 0 Å². The number of thioether (sulfide) groups is 1. The molecule has 162 valence electrons. The van der Waals surface area contributed by atoms with Crippen molar-refractivity contribution in [2.75, 3.05) is 18.2 Å². The van der Waals surface area contributed by atoms with Gasteiger partial charge in [0.05, 0.1) is 18.6 Å². The molecule has 0 fully saturated rings. The fourth-order valence-electron chi connectivity index (χ4n) is 3.01. The summed E-state index contributed by atoms with van der Waals surface area (Å²) in [5.41, 5.74) is 1.43. The molecule has 1 aromatic heterocycles. The molecule has 1 heterocycles. The van der Waals surface area contributed by atoms with Crippen molar-refractivity contribution in [2.24, 2.45) is 0 Å². The Bertz CT molecular complexity index is 1230. The van der Waals surface area contributed by atoms with Crippen LogP contribution in [0.1, 0.15) is 0 Å². The maximum absolute atomic E-state index is 13.8. The monoisotopic (exact) mass is 452 g/mol. The maximum atomic E-state index is 13.8. The van der Waals surface area contributed by atoms with E-state index in [1.807, 2.05) is 59.2 Å². The van der Waals surface area contributed by atoms with Crippen LogP contribution >= 0.6 is 11.8 Å². The van der Waals surface area contributed by atoms with Crippen LogP contribution < -0.4 is 10.1 Å². The first-order valence-corrected chi connectivity index (χ1v) is 10.6. The molecule has 0 unspecified atom stereocenters. The summed E-state index contributed by atoms with van der Waals surface area (Å²) in [5, 5.41) is 11.4. The van der Waals surface area contributed by atoms with Gasteiger partial charge < -0.3 is 10.1 Å². The van der Waals surface area contributed by atoms with Gasteiger partial charge in [0, 0.05) is 17.3 Å². The zero-order valence-corrected chi connectivity index (χ0v) is 17.8.